The van der Waals surface area contributed by atoms with Crippen molar-refractivity contribution in [1.82, 2.24) is 9.29 Å². The summed E-state index contributed by atoms with van der Waals surface area (Å²) in [6.07, 6.45) is 1.96. The lowest BCUT2D eigenvalue weighted by Crippen LogP contribution is -2.24. The number of rotatable bonds is 7. The van der Waals surface area contributed by atoms with Crippen molar-refractivity contribution in [3.8, 4) is 5.75 Å². The molecule has 3 aromatic rings. The Balaban J connectivity index is 1.69. The molecule has 0 amide bonds. The number of aryl methyl sites for hydroxylation is 1. The van der Waals surface area contributed by atoms with Gasteiger partial charge in [0.1, 0.15) is 5.75 Å². The van der Waals surface area contributed by atoms with Gasteiger partial charge in [-0.3, -0.25) is 0 Å². The maximum absolute atomic E-state index is 12.5. The Labute approximate surface area is 154 Å². The third-order valence-electron chi connectivity index (χ3n) is 4.21. The Morgan fingerprint density at radius 2 is 1.69 bits per heavy atom. The number of nitrogens with zero attached hydrogens (tertiary/aromatic N) is 1. The molecule has 0 spiro atoms. The third kappa shape index (κ3) is 4.33. The van der Waals surface area contributed by atoms with Gasteiger partial charge in [0.25, 0.3) is 0 Å². The average Bonchev–Trinajstić information content (AvgIpc) is 3.09. The van der Waals surface area contributed by atoms with Gasteiger partial charge >= 0.3 is 0 Å². The lowest BCUT2D eigenvalue weighted by molar-refractivity contribution is 0.414. The number of ether oxygens (including phenoxy) is 1. The molecule has 6 heteroatoms. The summed E-state index contributed by atoms with van der Waals surface area (Å²) >= 11 is 0. The molecule has 0 unspecified atom stereocenters. The minimum absolute atomic E-state index is 0.218. The number of methoxy groups -OCH3 is 1. The molecule has 1 N–H and O–H groups in total. The number of sulfonamides is 1. The third-order valence-corrected chi connectivity index (χ3v) is 5.63. The van der Waals surface area contributed by atoms with Gasteiger partial charge in [0.2, 0.25) is 10.0 Å². The van der Waals surface area contributed by atoms with E-state index in [1.807, 2.05) is 22.9 Å². The van der Waals surface area contributed by atoms with Crippen molar-refractivity contribution in [3.05, 3.63) is 83.7 Å². The van der Waals surface area contributed by atoms with Crippen LogP contribution in [0, 0.1) is 6.92 Å². The quantitative estimate of drug-likeness (QED) is 0.694. The molecule has 0 radical (unpaired) electrons. The van der Waals surface area contributed by atoms with Gasteiger partial charge in [-0.2, -0.15) is 0 Å². The molecule has 0 aliphatic rings. The summed E-state index contributed by atoms with van der Waals surface area (Å²) in [7, 11) is -2.03. The second kappa shape index (κ2) is 7.76. The summed E-state index contributed by atoms with van der Waals surface area (Å²) in [5.41, 5.74) is 3.29. The molecular weight excluding hydrogens is 348 g/mol. The monoisotopic (exact) mass is 370 g/mol. The topological polar surface area (TPSA) is 60.3 Å². The van der Waals surface area contributed by atoms with Crippen LogP contribution in [0.25, 0.3) is 0 Å². The lowest BCUT2D eigenvalue weighted by atomic mass is 10.1. The van der Waals surface area contributed by atoms with E-state index in [9.17, 15) is 8.42 Å². The van der Waals surface area contributed by atoms with Crippen molar-refractivity contribution in [2.45, 2.75) is 24.9 Å². The number of hydrogen-bond donors (Lipinski definition) is 1. The fourth-order valence-corrected chi connectivity index (χ4v) is 3.66. The van der Waals surface area contributed by atoms with Gasteiger partial charge in [0.15, 0.2) is 0 Å². The molecule has 0 saturated heterocycles. The standard InChI is InChI=1S/C20H22N2O3S/c1-16-5-7-17(8-6-16)15-22-13-3-4-18(22)14-21-26(23,24)20-11-9-19(25-2)10-12-20/h3-13,21H,14-15H2,1-2H3. The van der Waals surface area contributed by atoms with E-state index in [0.717, 1.165) is 5.69 Å². The lowest BCUT2D eigenvalue weighted by Gasteiger charge is -2.11. The molecule has 0 fully saturated rings. The highest BCUT2D eigenvalue weighted by Gasteiger charge is 2.14. The summed E-state index contributed by atoms with van der Waals surface area (Å²) in [5, 5.41) is 0. The first-order chi connectivity index (χ1) is 12.5. The van der Waals surface area contributed by atoms with Crippen LogP contribution >= 0.6 is 0 Å². The van der Waals surface area contributed by atoms with E-state index in [4.69, 9.17) is 4.74 Å². The highest BCUT2D eigenvalue weighted by molar-refractivity contribution is 7.89. The van der Waals surface area contributed by atoms with Crippen LogP contribution in [0.4, 0.5) is 0 Å². The number of benzene rings is 2. The highest BCUT2D eigenvalue weighted by Crippen LogP contribution is 2.16. The van der Waals surface area contributed by atoms with Crippen molar-refractivity contribution in [2.75, 3.05) is 7.11 Å². The molecule has 26 heavy (non-hydrogen) atoms. The van der Waals surface area contributed by atoms with Crippen LogP contribution in [0.2, 0.25) is 0 Å². The number of hydrogen-bond acceptors (Lipinski definition) is 3. The smallest absolute Gasteiger partial charge is 0.240 e. The highest BCUT2D eigenvalue weighted by atomic mass is 32.2. The Kier molecular flexibility index (Phi) is 5.44. The van der Waals surface area contributed by atoms with Crippen molar-refractivity contribution >= 4 is 10.0 Å². The predicted molar refractivity (Wildman–Crippen MR) is 102 cm³/mol. The first-order valence-corrected chi connectivity index (χ1v) is 9.79. The second-order valence-electron chi connectivity index (χ2n) is 6.11. The van der Waals surface area contributed by atoms with Gasteiger partial charge in [0, 0.05) is 18.4 Å². The van der Waals surface area contributed by atoms with Crippen LogP contribution in [-0.2, 0) is 23.1 Å². The molecule has 1 aromatic heterocycles. The van der Waals surface area contributed by atoms with E-state index in [0.29, 0.717) is 12.3 Å². The molecule has 136 valence electrons. The summed E-state index contributed by atoms with van der Waals surface area (Å²) in [4.78, 5) is 0.218. The van der Waals surface area contributed by atoms with Gasteiger partial charge in [0.05, 0.1) is 18.6 Å². The predicted octanol–water partition coefficient (Wildman–Crippen LogP) is 3.33. The molecule has 3 rings (SSSR count). The summed E-state index contributed by atoms with van der Waals surface area (Å²) < 4.78 is 34.7. The fraction of sp³-hybridized carbons (Fsp3) is 0.200. The molecule has 1 heterocycles. The molecule has 0 bridgehead atoms. The Morgan fingerprint density at radius 3 is 2.35 bits per heavy atom. The van der Waals surface area contributed by atoms with E-state index in [1.165, 1.54) is 23.3 Å². The Morgan fingerprint density at radius 1 is 1.00 bits per heavy atom. The van der Waals surface area contributed by atoms with Crippen LogP contribution in [0.3, 0.4) is 0 Å². The van der Waals surface area contributed by atoms with E-state index in [-0.39, 0.29) is 11.4 Å². The molecule has 5 nitrogen and oxygen atoms in total. The molecule has 0 atom stereocenters. The average molecular weight is 370 g/mol. The summed E-state index contributed by atoms with van der Waals surface area (Å²) in [6, 6.07) is 18.5. The zero-order chi connectivity index (χ0) is 18.6. The Bertz CT molecular complexity index is 959. The van der Waals surface area contributed by atoms with Crippen molar-refractivity contribution in [1.29, 1.82) is 0 Å². The van der Waals surface area contributed by atoms with Crippen LogP contribution in [0.15, 0.2) is 71.8 Å². The van der Waals surface area contributed by atoms with Crippen molar-refractivity contribution < 1.29 is 13.2 Å². The van der Waals surface area contributed by atoms with Crippen molar-refractivity contribution in [2.24, 2.45) is 0 Å². The molecule has 0 aliphatic heterocycles. The van der Waals surface area contributed by atoms with Crippen LogP contribution < -0.4 is 9.46 Å². The summed E-state index contributed by atoms with van der Waals surface area (Å²) in [5.74, 6) is 0.621. The SMILES string of the molecule is COc1ccc(S(=O)(=O)NCc2cccn2Cc2ccc(C)cc2)cc1. The van der Waals surface area contributed by atoms with E-state index >= 15 is 0 Å². The molecular formula is C20H22N2O3S. The first kappa shape index (κ1) is 18.2. The fourth-order valence-electron chi connectivity index (χ4n) is 2.66. The van der Waals surface area contributed by atoms with Crippen molar-refractivity contribution in [3.63, 3.8) is 0 Å². The molecule has 2 aromatic carbocycles. The van der Waals surface area contributed by atoms with E-state index in [1.54, 1.807) is 19.2 Å². The second-order valence-corrected chi connectivity index (χ2v) is 7.88. The normalized spacial score (nSPS) is 11.5. The molecule has 0 saturated carbocycles. The summed E-state index contributed by atoms with van der Waals surface area (Å²) in [6.45, 7) is 2.99. The van der Waals surface area contributed by atoms with E-state index in [2.05, 4.69) is 35.9 Å². The van der Waals surface area contributed by atoms with Crippen LogP contribution in [-0.4, -0.2) is 20.1 Å². The van der Waals surface area contributed by atoms with Gasteiger partial charge in [-0.1, -0.05) is 29.8 Å². The zero-order valence-corrected chi connectivity index (χ0v) is 15.7. The van der Waals surface area contributed by atoms with Gasteiger partial charge < -0.3 is 9.30 Å². The minimum atomic E-state index is -3.58. The maximum Gasteiger partial charge on any atom is 0.240 e. The minimum Gasteiger partial charge on any atom is -0.497 e. The van der Waals surface area contributed by atoms with Gasteiger partial charge in [-0.15, -0.1) is 0 Å². The van der Waals surface area contributed by atoms with Gasteiger partial charge in [-0.25, -0.2) is 13.1 Å². The van der Waals surface area contributed by atoms with E-state index < -0.39 is 10.0 Å². The largest absolute Gasteiger partial charge is 0.497 e. The van der Waals surface area contributed by atoms with Gasteiger partial charge in [-0.05, 0) is 48.9 Å². The number of aromatic nitrogens is 1. The first-order valence-electron chi connectivity index (χ1n) is 8.31. The maximum atomic E-state index is 12.5. The van der Waals surface area contributed by atoms with Crippen LogP contribution in [0.1, 0.15) is 16.8 Å². The Hall–Kier alpha value is -2.57. The van der Waals surface area contributed by atoms with Crippen LogP contribution in [0.5, 0.6) is 5.75 Å². The molecule has 0 aliphatic carbocycles. The number of nitrogens with one attached hydrogen (secondary N) is 1. The zero-order valence-electron chi connectivity index (χ0n) is 14.8.